The molecular weight excluding hydrogens is 334 g/mol. The van der Waals surface area contributed by atoms with E-state index in [2.05, 4.69) is 65.4 Å². The Hall–Kier alpha value is -0.830. The van der Waals surface area contributed by atoms with Gasteiger partial charge < -0.3 is 5.32 Å². The highest BCUT2D eigenvalue weighted by Gasteiger charge is 2.13. The molecule has 0 saturated carbocycles. The minimum Gasteiger partial charge on any atom is -0.303 e. The van der Waals surface area contributed by atoms with Gasteiger partial charge in [0.15, 0.2) is 0 Å². The molecule has 3 heteroatoms. The Morgan fingerprint density at radius 3 is 2.40 bits per heavy atom. The maximum Gasteiger partial charge on any atom is 0.0406 e. The van der Waals surface area contributed by atoms with E-state index in [1.807, 2.05) is 18.2 Å². The van der Waals surface area contributed by atoms with Crippen molar-refractivity contribution in [2.75, 3.05) is 0 Å². The Labute approximate surface area is 134 Å². The predicted molar refractivity (Wildman–Crippen MR) is 90.2 cm³/mol. The van der Waals surface area contributed by atoms with Gasteiger partial charge in [0.05, 0.1) is 0 Å². The number of hydrogen-bond donors (Lipinski definition) is 1. The molecule has 1 N–H and O–H groups in total. The molecule has 0 bridgehead atoms. The molecule has 2 aromatic rings. The highest BCUT2D eigenvalue weighted by Crippen LogP contribution is 2.24. The van der Waals surface area contributed by atoms with Crippen LogP contribution in [-0.2, 0) is 0 Å². The predicted octanol–water partition coefficient (Wildman–Crippen LogP) is 5.90. The summed E-state index contributed by atoms with van der Waals surface area (Å²) in [7, 11) is 0. The molecule has 0 fully saturated rings. The van der Waals surface area contributed by atoms with Crippen LogP contribution in [0.25, 0.3) is 0 Å². The third kappa shape index (κ3) is 4.08. The summed E-state index contributed by atoms with van der Waals surface area (Å²) >= 11 is 9.48. The minimum absolute atomic E-state index is 0.299. The monoisotopic (exact) mass is 351 g/mol. The van der Waals surface area contributed by atoms with Crippen molar-refractivity contribution in [3.05, 3.63) is 69.2 Å². The van der Waals surface area contributed by atoms with Crippen LogP contribution in [-0.4, -0.2) is 0 Å². The molecule has 0 aromatic heterocycles. The standard InChI is InChI=1S/C17H19BrClN/c1-3-17(13-7-9-16(19)10-8-13)20-12(2)14-5-4-6-15(18)11-14/h4-12,17,20H,3H2,1-2H3/t12-,17?/m0/s1. The average Bonchev–Trinajstić information content (AvgIpc) is 2.45. The van der Waals surface area contributed by atoms with Gasteiger partial charge in [-0.25, -0.2) is 0 Å². The van der Waals surface area contributed by atoms with Gasteiger partial charge in [0.1, 0.15) is 0 Å². The number of nitrogens with one attached hydrogen (secondary N) is 1. The fraction of sp³-hybridized carbons (Fsp3) is 0.294. The van der Waals surface area contributed by atoms with Crippen LogP contribution >= 0.6 is 27.5 Å². The van der Waals surface area contributed by atoms with E-state index in [1.54, 1.807) is 0 Å². The summed E-state index contributed by atoms with van der Waals surface area (Å²) < 4.78 is 1.11. The van der Waals surface area contributed by atoms with Crippen LogP contribution in [0.5, 0.6) is 0 Å². The van der Waals surface area contributed by atoms with Gasteiger partial charge >= 0.3 is 0 Å². The minimum atomic E-state index is 0.299. The molecule has 2 atom stereocenters. The molecular formula is C17H19BrClN. The molecule has 0 amide bonds. The topological polar surface area (TPSA) is 12.0 Å². The van der Waals surface area contributed by atoms with E-state index in [4.69, 9.17) is 11.6 Å². The lowest BCUT2D eigenvalue weighted by atomic mass is 10.0. The zero-order chi connectivity index (χ0) is 14.5. The third-order valence-corrected chi connectivity index (χ3v) is 4.23. The van der Waals surface area contributed by atoms with Crippen molar-refractivity contribution in [1.29, 1.82) is 0 Å². The summed E-state index contributed by atoms with van der Waals surface area (Å²) in [5, 5.41) is 4.46. The van der Waals surface area contributed by atoms with Crippen LogP contribution in [0.4, 0.5) is 0 Å². The highest BCUT2D eigenvalue weighted by atomic mass is 79.9. The molecule has 20 heavy (non-hydrogen) atoms. The molecule has 106 valence electrons. The molecule has 0 aliphatic heterocycles. The first-order valence-corrected chi connectivity index (χ1v) is 8.04. The largest absolute Gasteiger partial charge is 0.303 e. The number of hydrogen-bond acceptors (Lipinski definition) is 1. The van der Waals surface area contributed by atoms with Gasteiger partial charge in [0.25, 0.3) is 0 Å². The van der Waals surface area contributed by atoms with E-state index in [9.17, 15) is 0 Å². The molecule has 1 nitrogen and oxygen atoms in total. The molecule has 0 saturated heterocycles. The van der Waals surface area contributed by atoms with E-state index in [-0.39, 0.29) is 0 Å². The Bertz CT molecular complexity index is 553. The van der Waals surface area contributed by atoms with Crippen LogP contribution in [0.15, 0.2) is 53.0 Å². The van der Waals surface area contributed by atoms with Gasteiger partial charge in [-0.3, -0.25) is 0 Å². The lowest BCUT2D eigenvalue weighted by Crippen LogP contribution is -2.24. The smallest absolute Gasteiger partial charge is 0.0406 e. The van der Waals surface area contributed by atoms with Gasteiger partial charge in [-0.15, -0.1) is 0 Å². The highest BCUT2D eigenvalue weighted by molar-refractivity contribution is 9.10. The quantitative estimate of drug-likeness (QED) is 0.706. The Balaban J connectivity index is 2.11. The van der Waals surface area contributed by atoms with Crippen molar-refractivity contribution in [2.45, 2.75) is 32.4 Å². The second-order valence-electron chi connectivity index (χ2n) is 4.96. The summed E-state index contributed by atoms with van der Waals surface area (Å²) in [6.07, 6.45) is 1.04. The van der Waals surface area contributed by atoms with Crippen molar-refractivity contribution in [2.24, 2.45) is 0 Å². The van der Waals surface area contributed by atoms with Crippen LogP contribution in [0.1, 0.15) is 43.5 Å². The molecule has 0 heterocycles. The first kappa shape index (κ1) is 15.6. The molecule has 2 rings (SSSR count). The lowest BCUT2D eigenvalue weighted by Gasteiger charge is -2.23. The summed E-state index contributed by atoms with van der Waals surface area (Å²) in [5.41, 5.74) is 2.56. The van der Waals surface area contributed by atoms with E-state index in [1.165, 1.54) is 11.1 Å². The Kier molecular flexibility index (Phi) is 5.64. The fourth-order valence-electron chi connectivity index (χ4n) is 2.32. The van der Waals surface area contributed by atoms with E-state index in [0.29, 0.717) is 12.1 Å². The van der Waals surface area contributed by atoms with Crippen LogP contribution in [0.3, 0.4) is 0 Å². The second-order valence-corrected chi connectivity index (χ2v) is 6.31. The summed E-state index contributed by atoms with van der Waals surface area (Å²) in [5.74, 6) is 0. The van der Waals surface area contributed by atoms with Gasteiger partial charge in [-0.05, 0) is 48.7 Å². The summed E-state index contributed by atoms with van der Waals surface area (Å²) in [4.78, 5) is 0. The normalized spacial score (nSPS) is 14.0. The van der Waals surface area contributed by atoms with Crippen LogP contribution in [0.2, 0.25) is 5.02 Å². The molecule has 0 radical (unpaired) electrons. The maximum atomic E-state index is 5.95. The molecule has 1 unspecified atom stereocenters. The van der Waals surface area contributed by atoms with E-state index in [0.717, 1.165) is 15.9 Å². The van der Waals surface area contributed by atoms with Crippen molar-refractivity contribution in [1.82, 2.24) is 5.32 Å². The summed E-state index contributed by atoms with van der Waals surface area (Å²) in [6, 6.07) is 17.1. The number of rotatable bonds is 5. The first-order valence-electron chi connectivity index (χ1n) is 6.87. The zero-order valence-corrected chi connectivity index (χ0v) is 14.1. The van der Waals surface area contributed by atoms with Crippen LogP contribution in [0, 0.1) is 0 Å². The lowest BCUT2D eigenvalue weighted by molar-refractivity contribution is 0.456. The molecule has 2 aromatic carbocycles. The van der Waals surface area contributed by atoms with Gasteiger partial charge in [0, 0.05) is 21.6 Å². The Morgan fingerprint density at radius 2 is 1.80 bits per heavy atom. The van der Waals surface area contributed by atoms with Crippen molar-refractivity contribution < 1.29 is 0 Å². The third-order valence-electron chi connectivity index (χ3n) is 3.48. The number of benzene rings is 2. The van der Waals surface area contributed by atoms with E-state index < -0.39 is 0 Å². The number of halogens is 2. The maximum absolute atomic E-state index is 5.95. The Morgan fingerprint density at radius 1 is 1.10 bits per heavy atom. The SMILES string of the molecule is CCC(N[C@@H](C)c1cccc(Br)c1)c1ccc(Cl)cc1. The van der Waals surface area contributed by atoms with Crippen molar-refractivity contribution in [3.63, 3.8) is 0 Å². The molecule has 0 aliphatic carbocycles. The second kappa shape index (κ2) is 7.26. The fourth-order valence-corrected chi connectivity index (χ4v) is 2.86. The van der Waals surface area contributed by atoms with E-state index >= 15 is 0 Å². The van der Waals surface area contributed by atoms with Crippen molar-refractivity contribution in [3.8, 4) is 0 Å². The summed E-state index contributed by atoms with van der Waals surface area (Å²) in [6.45, 7) is 4.39. The first-order chi connectivity index (χ1) is 9.60. The molecule has 0 aliphatic rings. The van der Waals surface area contributed by atoms with Gasteiger partial charge in [-0.1, -0.05) is 58.7 Å². The molecule has 0 spiro atoms. The van der Waals surface area contributed by atoms with Crippen LogP contribution < -0.4 is 5.32 Å². The average molecular weight is 353 g/mol. The van der Waals surface area contributed by atoms with Crippen molar-refractivity contribution >= 4 is 27.5 Å². The van der Waals surface area contributed by atoms with Gasteiger partial charge in [-0.2, -0.15) is 0 Å². The zero-order valence-electron chi connectivity index (χ0n) is 11.7. The van der Waals surface area contributed by atoms with Gasteiger partial charge in [0.2, 0.25) is 0 Å².